The third-order valence-corrected chi connectivity index (χ3v) is 3.84. The summed E-state index contributed by atoms with van der Waals surface area (Å²) in [5, 5.41) is 2.92. The largest absolute Gasteiger partial charge is 0.490 e. The van der Waals surface area contributed by atoms with Gasteiger partial charge in [0.05, 0.1) is 5.69 Å². The molecule has 0 heterocycles. The highest BCUT2D eigenvalue weighted by molar-refractivity contribution is 5.92. The first kappa shape index (κ1) is 25.2. The standard InChI is InChI=1S/C20H27N3O2.2ClH/c1-15-9-10-18(19(13-15)25-12-11-23(2)3)22-20(24)14-17(21)16-7-5-4-6-8-16;;/h4-10,13,17H,11-12,14,21H2,1-3H3,(H,22,24);2*1H. The van der Waals surface area contributed by atoms with Crippen LogP contribution in [-0.4, -0.2) is 38.1 Å². The van der Waals surface area contributed by atoms with Crippen molar-refractivity contribution in [1.82, 2.24) is 4.90 Å². The SMILES string of the molecule is Cc1ccc(NC(=O)CC(N)c2ccccc2)c(OCCN(C)C)c1.Cl.Cl. The van der Waals surface area contributed by atoms with Crippen molar-refractivity contribution in [2.45, 2.75) is 19.4 Å². The molecule has 5 nitrogen and oxygen atoms in total. The topological polar surface area (TPSA) is 67.6 Å². The highest BCUT2D eigenvalue weighted by Gasteiger charge is 2.14. The molecule has 1 unspecified atom stereocenters. The van der Waals surface area contributed by atoms with Crippen LogP contribution in [0, 0.1) is 6.92 Å². The van der Waals surface area contributed by atoms with Gasteiger partial charge in [0.25, 0.3) is 0 Å². The lowest BCUT2D eigenvalue weighted by Crippen LogP contribution is -2.22. The van der Waals surface area contributed by atoms with Crippen molar-refractivity contribution in [3.05, 3.63) is 59.7 Å². The van der Waals surface area contributed by atoms with Crippen molar-refractivity contribution in [3.8, 4) is 5.75 Å². The minimum absolute atomic E-state index is 0. The summed E-state index contributed by atoms with van der Waals surface area (Å²) in [6.07, 6.45) is 0.217. The van der Waals surface area contributed by atoms with Gasteiger partial charge in [0, 0.05) is 19.0 Å². The highest BCUT2D eigenvalue weighted by atomic mass is 35.5. The average Bonchev–Trinajstić information content (AvgIpc) is 2.57. The molecule has 1 amide bonds. The van der Waals surface area contributed by atoms with Crippen LogP contribution in [0.25, 0.3) is 0 Å². The zero-order valence-electron chi connectivity index (χ0n) is 16.0. The van der Waals surface area contributed by atoms with Crippen molar-refractivity contribution in [2.24, 2.45) is 5.73 Å². The van der Waals surface area contributed by atoms with Crippen molar-refractivity contribution in [3.63, 3.8) is 0 Å². The fourth-order valence-corrected chi connectivity index (χ4v) is 2.41. The molecule has 0 aromatic heterocycles. The number of rotatable bonds is 8. The Morgan fingerprint density at radius 3 is 2.44 bits per heavy atom. The van der Waals surface area contributed by atoms with Crippen LogP contribution in [0.2, 0.25) is 0 Å². The van der Waals surface area contributed by atoms with E-state index in [0.29, 0.717) is 18.0 Å². The molecule has 2 rings (SSSR count). The Morgan fingerprint density at radius 1 is 1.15 bits per heavy atom. The maximum atomic E-state index is 12.4. The number of ether oxygens (including phenoxy) is 1. The number of carbonyl (C=O) groups is 1. The zero-order chi connectivity index (χ0) is 18.2. The van der Waals surface area contributed by atoms with E-state index < -0.39 is 0 Å². The molecule has 3 N–H and O–H groups in total. The number of aryl methyl sites for hydroxylation is 1. The van der Waals surface area contributed by atoms with E-state index in [4.69, 9.17) is 10.5 Å². The Balaban J connectivity index is 0.00000338. The molecule has 0 bridgehead atoms. The normalized spacial score (nSPS) is 11.1. The number of anilines is 1. The molecular formula is C20H29Cl2N3O2. The predicted molar refractivity (Wildman–Crippen MR) is 116 cm³/mol. The number of nitrogens with two attached hydrogens (primary N) is 1. The number of nitrogens with zero attached hydrogens (tertiary/aromatic N) is 1. The van der Waals surface area contributed by atoms with Gasteiger partial charge in [0.1, 0.15) is 12.4 Å². The van der Waals surface area contributed by atoms with Crippen LogP contribution in [0.1, 0.15) is 23.6 Å². The van der Waals surface area contributed by atoms with Gasteiger partial charge in [-0.25, -0.2) is 0 Å². The third kappa shape index (κ3) is 8.63. The predicted octanol–water partition coefficient (Wildman–Crippen LogP) is 3.81. The molecule has 150 valence electrons. The van der Waals surface area contributed by atoms with E-state index in [9.17, 15) is 4.79 Å². The number of benzene rings is 2. The van der Waals surface area contributed by atoms with Crippen LogP contribution in [0.3, 0.4) is 0 Å². The Morgan fingerprint density at radius 2 is 1.81 bits per heavy atom. The smallest absolute Gasteiger partial charge is 0.226 e. The maximum absolute atomic E-state index is 12.4. The zero-order valence-corrected chi connectivity index (χ0v) is 17.6. The molecule has 0 aliphatic carbocycles. The molecule has 0 fully saturated rings. The summed E-state index contributed by atoms with van der Waals surface area (Å²) in [6.45, 7) is 3.36. The van der Waals surface area contributed by atoms with E-state index in [2.05, 4.69) is 5.32 Å². The molecule has 0 spiro atoms. The highest BCUT2D eigenvalue weighted by Crippen LogP contribution is 2.26. The van der Waals surface area contributed by atoms with Gasteiger partial charge in [-0.2, -0.15) is 0 Å². The van der Waals surface area contributed by atoms with E-state index in [-0.39, 0.29) is 43.2 Å². The summed E-state index contributed by atoms with van der Waals surface area (Å²) in [4.78, 5) is 14.4. The number of halogens is 2. The molecular weight excluding hydrogens is 385 g/mol. The first-order valence-corrected chi connectivity index (χ1v) is 8.44. The van der Waals surface area contributed by atoms with Gasteiger partial charge in [-0.3, -0.25) is 4.79 Å². The first-order valence-electron chi connectivity index (χ1n) is 8.44. The molecule has 0 radical (unpaired) electrons. The van der Waals surface area contributed by atoms with Gasteiger partial charge in [-0.1, -0.05) is 36.4 Å². The number of amides is 1. The summed E-state index contributed by atoms with van der Waals surface area (Å²) in [5.41, 5.74) is 8.83. The molecule has 0 saturated carbocycles. The van der Waals surface area contributed by atoms with E-state index in [1.54, 1.807) is 0 Å². The van der Waals surface area contributed by atoms with Crippen LogP contribution in [0.15, 0.2) is 48.5 Å². The van der Waals surface area contributed by atoms with Gasteiger partial charge < -0.3 is 20.7 Å². The second-order valence-corrected chi connectivity index (χ2v) is 6.42. The quantitative estimate of drug-likeness (QED) is 0.690. The number of nitrogens with one attached hydrogen (secondary N) is 1. The number of hydrogen-bond donors (Lipinski definition) is 2. The number of likely N-dealkylation sites (N-methyl/N-ethyl adjacent to an activating group) is 1. The van der Waals surface area contributed by atoms with Crippen molar-refractivity contribution >= 4 is 36.4 Å². The average molecular weight is 414 g/mol. The molecule has 2 aromatic rings. The van der Waals surface area contributed by atoms with Gasteiger partial charge >= 0.3 is 0 Å². The van der Waals surface area contributed by atoms with Gasteiger partial charge in [0.2, 0.25) is 5.91 Å². The Bertz CT molecular complexity index is 697. The number of carbonyl (C=O) groups excluding carboxylic acids is 1. The lowest BCUT2D eigenvalue weighted by atomic mass is 10.0. The van der Waals surface area contributed by atoms with Gasteiger partial charge in [-0.15, -0.1) is 24.8 Å². The van der Waals surface area contributed by atoms with Crippen LogP contribution >= 0.6 is 24.8 Å². The third-order valence-electron chi connectivity index (χ3n) is 3.84. The number of hydrogen-bond acceptors (Lipinski definition) is 4. The molecule has 1 atom stereocenters. The summed E-state index contributed by atoms with van der Waals surface area (Å²) < 4.78 is 5.83. The fraction of sp³-hybridized carbons (Fsp3) is 0.350. The molecule has 2 aromatic carbocycles. The Hall–Kier alpha value is -1.79. The Labute approximate surface area is 174 Å². The van der Waals surface area contributed by atoms with E-state index in [0.717, 1.165) is 17.7 Å². The van der Waals surface area contributed by atoms with Crippen molar-refractivity contribution in [1.29, 1.82) is 0 Å². The molecule has 0 aliphatic rings. The van der Waals surface area contributed by atoms with Gasteiger partial charge in [-0.05, 0) is 44.3 Å². The summed E-state index contributed by atoms with van der Waals surface area (Å²) >= 11 is 0. The first-order chi connectivity index (χ1) is 12.0. The summed E-state index contributed by atoms with van der Waals surface area (Å²) in [6, 6.07) is 15.1. The van der Waals surface area contributed by atoms with Crippen molar-refractivity contribution < 1.29 is 9.53 Å². The van der Waals surface area contributed by atoms with Crippen LogP contribution in [0.4, 0.5) is 5.69 Å². The minimum Gasteiger partial charge on any atom is -0.490 e. The molecule has 27 heavy (non-hydrogen) atoms. The second-order valence-electron chi connectivity index (χ2n) is 6.42. The molecule has 0 saturated heterocycles. The Kier molecular flexibility index (Phi) is 11.7. The van der Waals surface area contributed by atoms with E-state index in [1.807, 2.05) is 74.4 Å². The summed E-state index contributed by atoms with van der Waals surface area (Å²) in [7, 11) is 3.99. The fourth-order valence-electron chi connectivity index (χ4n) is 2.41. The van der Waals surface area contributed by atoms with Crippen LogP contribution in [0.5, 0.6) is 5.75 Å². The maximum Gasteiger partial charge on any atom is 0.226 e. The second kappa shape index (κ2) is 12.6. The molecule has 7 heteroatoms. The van der Waals surface area contributed by atoms with E-state index >= 15 is 0 Å². The minimum atomic E-state index is -0.329. The van der Waals surface area contributed by atoms with Crippen LogP contribution in [-0.2, 0) is 4.79 Å². The molecule has 0 aliphatic heterocycles. The van der Waals surface area contributed by atoms with Crippen LogP contribution < -0.4 is 15.8 Å². The van der Waals surface area contributed by atoms with Gasteiger partial charge in [0.15, 0.2) is 0 Å². The lowest BCUT2D eigenvalue weighted by Gasteiger charge is -2.16. The summed E-state index contributed by atoms with van der Waals surface area (Å²) in [5.74, 6) is 0.557. The lowest BCUT2D eigenvalue weighted by molar-refractivity contribution is -0.116. The van der Waals surface area contributed by atoms with Crippen molar-refractivity contribution in [2.75, 3.05) is 32.6 Å². The van der Waals surface area contributed by atoms with E-state index in [1.165, 1.54) is 0 Å². The monoisotopic (exact) mass is 413 g/mol.